The Balaban J connectivity index is 1.43. The highest BCUT2D eigenvalue weighted by Gasteiger charge is 2.27. The fraction of sp³-hybridized carbons (Fsp3) is 0.440. The first-order chi connectivity index (χ1) is 15.0. The molecule has 6 heteroatoms. The van der Waals surface area contributed by atoms with Crippen molar-refractivity contribution in [2.75, 3.05) is 13.1 Å². The standard InChI is InChI=1S/C25H34N4O2/c1-19(2)23(28-25(31)26-17-20-9-5-3-6-10-20)24(30)27-22-13-15-29(16-14-22)18-21-11-7-4-8-12-21/h3-12,19,22-23H,13-18H2,1-2H3,(H,27,30)(H2,26,28,31). The van der Waals surface area contributed by atoms with Gasteiger partial charge in [-0.05, 0) is 29.9 Å². The van der Waals surface area contributed by atoms with Gasteiger partial charge in [0.05, 0.1) is 0 Å². The van der Waals surface area contributed by atoms with E-state index in [1.54, 1.807) is 0 Å². The van der Waals surface area contributed by atoms with Crippen LogP contribution in [0, 0.1) is 5.92 Å². The van der Waals surface area contributed by atoms with E-state index in [-0.39, 0.29) is 23.9 Å². The van der Waals surface area contributed by atoms with Crippen molar-refractivity contribution >= 4 is 11.9 Å². The van der Waals surface area contributed by atoms with Crippen LogP contribution in [0.1, 0.15) is 37.8 Å². The van der Waals surface area contributed by atoms with Crippen molar-refractivity contribution in [3.05, 3.63) is 71.8 Å². The van der Waals surface area contributed by atoms with Crippen LogP contribution in [0.4, 0.5) is 4.79 Å². The molecule has 0 radical (unpaired) electrons. The third kappa shape index (κ3) is 7.40. The van der Waals surface area contributed by atoms with E-state index in [0.29, 0.717) is 6.54 Å². The summed E-state index contributed by atoms with van der Waals surface area (Å²) in [6.07, 6.45) is 1.84. The smallest absolute Gasteiger partial charge is 0.315 e. The molecule has 1 saturated heterocycles. The van der Waals surface area contributed by atoms with Gasteiger partial charge < -0.3 is 16.0 Å². The van der Waals surface area contributed by atoms with Crippen molar-refractivity contribution in [3.8, 4) is 0 Å². The monoisotopic (exact) mass is 422 g/mol. The van der Waals surface area contributed by atoms with Crippen LogP contribution >= 0.6 is 0 Å². The van der Waals surface area contributed by atoms with Gasteiger partial charge in [-0.15, -0.1) is 0 Å². The van der Waals surface area contributed by atoms with Crippen LogP contribution in [0.3, 0.4) is 0 Å². The summed E-state index contributed by atoms with van der Waals surface area (Å²) in [5, 5.41) is 8.84. The molecule has 2 aromatic rings. The number of benzene rings is 2. The maximum Gasteiger partial charge on any atom is 0.315 e. The maximum atomic E-state index is 12.9. The predicted molar refractivity (Wildman–Crippen MR) is 123 cm³/mol. The molecule has 0 aromatic heterocycles. The number of piperidine rings is 1. The van der Waals surface area contributed by atoms with E-state index < -0.39 is 6.04 Å². The predicted octanol–water partition coefficient (Wildman–Crippen LogP) is 3.29. The number of nitrogens with zero attached hydrogens (tertiary/aromatic N) is 1. The quantitative estimate of drug-likeness (QED) is 0.611. The van der Waals surface area contributed by atoms with Gasteiger partial charge in [0, 0.05) is 32.2 Å². The molecule has 166 valence electrons. The lowest BCUT2D eigenvalue weighted by molar-refractivity contribution is -0.124. The van der Waals surface area contributed by atoms with Crippen LogP contribution in [-0.4, -0.2) is 42.0 Å². The van der Waals surface area contributed by atoms with E-state index in [9.17, 15) is 9.59 Å². The molecule has 1 aliphatic rings. The number of carbonyl (C=O) groups is 2. The van der Waals surface area contributed by atoms with Crippen molar-refractivity contribution in [1.29, 1.82) is 0 Å². The molecule has 0 spiro atoms. The number of nitrogens with one attached hydrogen (secondary N) is 3. The van der Waals surface area contributed by atoms with Crippen LogP contribution in [0.2, 0.25) is 0 Å². The summed E-state index contributed by atoms with van der Waals surface area (Å²) >= 11 is 0. The molecule has 6 nitrogen and oxygen atoms in total. The van der Waals surface area contributed by atoms with E-state index >= 15 is 0 Å². The largest absolute Gasteiger partial charge is 0.351 e. The van der Waals surface area contributed by atoms with Gasteiger partial charge in [0.2, 0.25) is 5.91 Å². The Hall–Kier alpha value is -2.86. The average Bonchev–Trinajstić information content (AvgIpc) is 2.78. The van der Waals surface area contributed by atoms with Gasteiger partial charge in [0.25, 0.3) is 0 Å². The SMILES string of the molecule is CC(C)C(NC(=O)NCc1ccccc1)C(=O)NC1CCN(Cc2ccccc2)CC1. The van der Waals surface area contributed by atoms with Gasteiger partial charge >= 0.3 is 6.03 Å². The minimum Gasteiger partial charge on any atom is -0.351 e. The lowest BCUT2D eigenvalue weighted by atomic mass is 10.0. The van der Waals surface area contributed by atoms with Gasteiger partial charge in [0.1, 0.15) is 6.04 Å². The molecule has 1 atom stereocenters. The second-order valence-corrected chi connectivity index (χ2v) is 8.58. The molecule has 0 bridgehead atoms. The maximum absolute atomic E-state index is 12.9. The first-order valence-corrected chi connectivity index (χ1v) is 11.2. The van der Waals surface area contributed by atoms with Gasteiger partial charge in [0.15, 0.2) is 0 Å². The Morgan fingerprint density at radius 1 is 0.935 bits per heavy atom. The van der Waals surface area contributed by atoms with Gasteiger partial charge in [-0.25, -0.2) is 4.79 Å². The molecule has 1 unspecified atom stereocenters. The molecule has 0 saturated carbocycles. The number of hydrogen-bond donors (Lipinski definition) is 3. The van der Waals surface area contributed by atoms with Gasteiger partial charge in [-0.3, -0.25) is 9.69 Å². The average molecular weight is 423 g/mol. The molecule has 31 heavy (non-hydrogen) atoms. The zero-order valence-corrected chi connectivity index (χ0v) is 18.5. The third-order valence-electron chi connectivity index (χ3n) is 5.71. The molecular formula is C25H34N4O2. The molecular weight excluding hydrogens is 388 g/mol. The van der Waals surface area contributed by atoms with Gasteiger partial charge in [-0.2, -0.15) is 0 Å². The zero-order chi connectivity index (χ0) is 22.1. The summed E-state index contributed by atoms with van der Waals surface area (Å²) in [5.41, 5.74) is 2.33. The van der Waals surface area contributed by atoms with E-state index in [0.717, 1.165) is 38.0 Å². The van der Waals surface area contributed by atoms with E-state index in [4.69, 9.17) is 0 Å². The lowest BCUT2D eigenvalue weighted by Gasteiger charge is -2.33. The number of hydrogen-bond acceptors (Lipinski definition) is 3. The fourth-order valence-corrected chi connectivity index (χ4v) is 3.87. The third-order valence-corrected chi connectivity index (χ3v) is 5.71. The second-order valence-electron chi connectivity index (χ2n) is 8.58. The number of rotatable bonds is 8. The summed E-state index contributed by atoms with van der Waals surface area (Å²) in [4.78, 5) is 27.6. The molecule has 3 amide bonds. The van der Waals surface area contributed by atoms with Crippen LogP contribution in [0.5, 0.6) is 0 Å². The Labute approximate surface area is 185 Å². The minimum absolute atomic E-state index is 0.000597. The van der Waals surface area contributed by atoms with Crippen molar-refractivity contribution in [1.82, 2.24) is 20.9 Å². The molecule has 1 aliphatic heterocycles. The van der Waals surface area contributed by atoms with Crippen molar-refractivity contribution in [2.45, 2.75) is 51.9 Å². The summed E-state index contributed by atoms with van der Waals surface area (Å²) < 4.78 is 0. The van der Waals surface area contributed by atoms with Crippen LogP contribution in [0.15, 0.2) is 60.7 Å². The molecule has 1 heterocycles. The van der Waals surface area contributed by atoms with E-state index in [2.05, 4.69) is 45.1 Å². The van der Waals surface area contributed by atoms with Crippen LogP contribution in [0.25, 0.3) is 0 Å². The molecule has 2 aromatic carbocycles. The number of carbonyl (C=O) groups excluding carboxylic acids is 2. The zero-order valence-electron chi connectivity index (χ0n) is 18.5. The van der Waals surface area contributed by atoms with Crippen LogP contribution in [-0.2, 0) is 17.9 Å². The summed E-state index contributed by atoms with van der Waals surface area (Å²) in [5.74, 6) is -0.105. The highest BCUT2D eigenvalue weighted by atomic mass is 16.2. The Morgan fingerprint density at radius 3 is 2.10 bits per heavy atom. The number of amides is 3. The Morgan fingerprint density at radius 2 is 1.52 bits per heavy atom. The summed E-state index contributed by atoms with van der Waals surface area (Å²) in [6, 6.07) is 19.5. The van der Waals surface area contributed by atoms with Crippen molar-refractivity contribution in [3.63, 3.8) is 0 Å². The second kappa shape index (κ2) is 11.5. The Bertz CT molecular complexity index is 818. The van der Waals surface area contributed by atoms with Crippen molar-refractivity contribution in [2.24, 2.45) is 5.92 Å². The normalized spacial score (nSPS) is 16.0. The van der Waals surface area contributed by atoms with Crippen LogP contribution < -0.4 is 16.0 Å². The molecule has 3 rings (SSSR count). The first-order valence-electron chi connectivity index (χ1n) is 11.2. The molecule has 3 N–H and O–H groups in total. The number of likely N-dealkylation sites (tertiary alicyclic amines) is 1. The summed E-state index contributed by atoms with van der Waals surface area (Å²) in [6.45, 7) is 7.18. The topological polar surface area (TPSA) is 73.5 Å². The Kier molecular flexibility index (Phi) is 8.47. The summed E-state index contributed by atoms with van der Waals surface area (Å²) in [7, 11) is 0. The van der Waals surface area contributed by atoms with Gasteiger partial charge in [-0.1, -0.05) is 74.5 Å². The van der Waals surface area contributed by atoms with Crippen molar-refractivity contribution < 1.29 is 9.59 Å². The van der Waals surface area contributed by atoms with E-state index in [1.807, 2.05) is 50.2 Å². The lowest BCUT2D eigenvalue weighted by Crippen LogP contribution is -2.55. The van der Waals surface area contributed by atoms with E-state index in [1.165, 1.54) is 5.56 Å². The fourth-order valence-electron chi connectivity index (χ4n) is 3.87. The highest BCUT2D eigenvalue weighted by Crippen LogP contribution is 2.14. The molecule has 0 aliphatic carbocycles. The highest BCUT2D eigenvalue weighted by molar-refractivity contribution is 5.87. The number of urea groups is 1. The molecule has 1 fully saturated rings. The first kappa shape index (κ1) is 22.8. The minimum atomic E-state index is -0.557.